The van der Waals surface area contributed by atoms with Crippen LogP contribution in [-0.4, -0.2) is 80.7 Å². The molecule has 2 atom stereocenters. The standard InChI is InChI=1S/C31H35N5O7S/c1-31(2,18-38)19-8-10-22-27(14-19)43-13-12-36(29(22)39)26-7-5-6-21(23(26)17-37)24-15-25(30(40)35(3)34-24)33-28-11-9-20(16-32-28)44(4,41)42/h5-11,14,16-17,24-25,34,38H,12-13,15,18H2,1-4H3,(H,32,33). The van der Waals surface area contributed by atoms with Crippen molar-refractivity contribution in [1.82, 2.24) is 15.4 Å². The smallest absolute Gasteiger partial charge is 0.262 e. The van der Waals surface area contributed by atoms with Gasteiger partial charge in [-0.25, -0.2) is 18.8 Å². The van der Waals surface area contributed by atoms with Gasteiger partial charge >= 0.3 is 0 Å². The van der Waals surface area contributed by atoms with Crippen molar-refractivity contribution in [2.24, 2.45) is 0 Å². The monoisotopic (exact) mass is 621 g/mol. The van der Waals surface area contributed by atoms with Gasteiger partial charge in [0.15, 0.2) is 16.1 Å². The molecule has 1 aromatic heterocycles. The third-order valence-electron chi connectivity index (χ3n) is 8.04. The molecule has 2 unspecified atom stereocenters. The fourth-order valence-electron chi connectivity index (χ4n) is 5.39. The molecule has 12 nitrogen and oxygen atoms in total. The number of nitrogens with one attached hydrogen (secondary N) is 2. The minimum absolute atomic E-state index is 0.0626. The highest BCUT2D eigenvalue weighted by Gasteiger charge is 2.36. The molecule has 2 amide bonds. The number of sulfone groups is 1. The predicted molar refractivity (Wildman–Crippen MR) is 164 cm³/mol. The lowest BCUT2D eigenvalue weighted by Crippen LogP contribution is -2.55. The van der Waals surface area contributed by atoms with Crippen molar-refractivity contribution in [2.45, 2.75) is 42.7 Å². The molecule has 0 radical (unpaired) electrons. The molecular formula is C31H35N5O7S. The number of nitrogens with zero attached hydrogens (tertiary/aromatic N) is 3. The first-order valence-corrected chi connectivity index (χ1v) is 16.0. The Hall–Kier alpha value is -4.33. The van der Waals surface area contributed by atoms with Gasteiger partial charge in [0.25, 0.3) is 11.8 Å². The van der Waals surface area contributed by atoms with Crippen LogP contribution in [0.1, 0.15) is 58.2 Å². The number of rotatable bonds is 8. The molecule has 2 aliphatic heterocycles. The van der Waals surface area contributed by atoms with E-state index in [9.17, 15) is 27.9 Å². The second-order valence-electron chi connectivity index (χ2n) is 11.6. The Labute approximate surface area is 255 Å². The van der Waals surface area contributed by atoms with Crippen LogP contribution in [0.5, 0.6) is 5.75 Å². The average Bonchev–Trinajstić information content (AvgIpc) is 3.16. The van der Waals surface area contributed by atoms with E-state index >= 15 is 0 Å². The number of likely N-dealkylation sites (N-methyl/N-ethyl adjacent to an activating group) is 1. The molecule has 44 heavy (non-hydrogen) atoms. The molecule has 3 heterocycles. The average molecular weight is 622 g/mol. The number of hydrazine groups is 1. The van der Waals surface area contributed by atoms with Crippen LogP contribution in [0.2, 0.25) is 0 Å². The summed E-state index contributed by atoms with van der Waals surface area (Å²) in [5, 5.41) is 14.2. The van der Waals surface area contributed by atoms with Crippen molar-refractivity contribution in [3.8, 4) is 5.75 Å². The number of fused-ring (bicyclic) bond motifs is 1. The van der Waals surface area contributed by atoms with Gasteiger partial charge in [0, 0.05) is 30.5 Å². The van der Waals surface area contributed by atoms with Gasteiger partial charge in [-0.15, -0.1) is 0 Å². The van der Waals surface area contributed by atoms with E-state index in [1.807, 2.05) is 13.8 Å². The highest BCUT2D eigenvalue weighted by atomic mass is 32.2. The summed E-state index contributed by atoms with van der Waals surface area (Å²) in [6, 6.07) is 12.2. The summed E-state index contributed by atoms with van der Waals surface area (Å²) >= 11 is 0. The molecule has 0 spiro atoms. The highest BCUT2D eigenvalue weighted by molar-refractivity contribution is 7.90. The second-order valence-corrected chi connectivity index (χ2v) is 13.6. The van der Waals surface area contributed by atoms with Crippen molar-refractivity contribution in [1.29, 1.82) is 0 Å². The predicted octanol–water partition coefficient (Wildman–Crippen LogP) is 2.50. The van der Waals surface area contributed by atoms with Crippen LogP contribution in [0.4, 0.5) is 11.5 Å². The van der Waals surface area contributed by atoms with Gasteiger partial charge in [-0.1, -0.05) is 32.0 Å². The maximum absolute atomic E-state index is 13.8. The highest BCUT2D eigenvalue weighted by Crippen LogP contribution is 2.35. The van der Waals surface area contributed by atoms with E-state index < -0.39 is 27.3 Å². The first-order chi connectivity index (χ1) is 20.8. The molecular weight excluding hydrogens is 586 g/mol. The number of pyridine rings is 1. The van der Waals surface area contributed by atoms with E-state index in [0.29, 0.717) is 40.2 Å². The van der Waals surface area contributed by atoms with Crippen LogP contribution in [0.15, 0.2) is 59.6 Å². The summed E-state index contributed by atoms with van der Waals surface area (Å²) in [5.41, 5.74) is 5.12. The summed E-state index contributed by atoms with van der Waals surface area (Å²) in [6.07, 6.45) is 3.27. The normalized spacial score (nSPS) is 19.2. The fraction of sp³-hybridized carbons (Fsp3) is 0.355. The molecule has 232 valence electrons. The lowest BCUT2D eigenvalue weighted by Gasteiger charge is -2.37. The Kier molecular flexibility index (Phi) is 8.47. The molecule has 0 saturated carbocycles. The number of aromatic nitrogens is 1. The van der Waals surface area contributed by atoms with Crippen LogP contribution in [0.3, 0.4) is 0 Å². The van der Waals surface area contributed by atoms with Crippen LogP contribution < -0.4 is 20.4 Å². The molecule has 3 aromatic rings. The molecule has 5 rings (SSSR count). The summed E-state index contributed by atoms with van der Waals surface area (Å²) in [6.45, 7) is 4.13. The number of aldehydes is 1. The number of carbonyl (C=O) groups excluding carboxylic acids is 3. The van der Waals surface area contributed by atoms with Crippen molar-refractivity contribution in [3.05, 3.63) is 77.0 Å². The second kappa shape index (κ2) is 12.0. The molecule has 1 fully saturated rings. The summed E-state index contributed by atoms with van der Waals surface area (Å²) in [5.74, 6) is 0.160. The topological polar surface area (TPSA) is 158 Å². The molecule has 3 N–H and O–H groups in total. The van der Waals surface area contributed by atoms with Gasteiger partial charge < -0.3 is 20.1 Å². The third-order valence-corrected chi connectivity index (χ3v) is 9.14. The van der Waals surface area contributed by atoms with Crippen molar-refractivity contribution < 1.29 is 32.6 Å². The van der Waals surface area contributed by atoms with E-state index in [1.165, 1.54) is 28.2 Å². The molecule has 0 bridgehead atoms. The number of anilines is 2. The van der Waals surface area contributed by atoms with Crippen LogP contribution in [0.25, 0.3) is 0 Å². The molecule has 2 aliphatic rings. The fourth-order valence-corrected chi connectivity index (χ4v) is 5.95. The molecule has 13 heteroatoms. The first kappa shape index (κ1) is 31.1. The summed E-state index contributed by atoms with van der Waals surface area (Å²) in [4.78, 5) is 45.2. The number of hydrogen-bond donors (Lipinski definition) is 3. The molecule has 0 aliphatic carbocycles. The van der Waals surface area contributed by atoms with Crippen LogP contribution in [-0.2, 0) is 20.0 Å². The summed E-state index contributed by atoms with van der Waals surface area (Å²) in [7, 11) is -1.85. The van der Waals surface area contributed by atoms with E-state index in [-0.39, 0.29) is 42.9 Å². The number of hydrogen-bond acceptors (Lipinski definition) is 10. The molecule has 2 aromatic carbocycles. The minimum atomic E-state index is -3.42. The number of amides is 2. The third kappa shape index (κ3) is 6.03. The van der Waals surface area contributed by atoms with Gasteiger partial charge in [0.2, 0.25) is 0 Å². The maximum atomic E-state index is 13.8. The van der Waals surface area contributed by atoms with Crippen molar-refractivity contribution >= 4 is 39.4 Å². The van der Waals surface area contributed by atoms with E-state index in [1.54, 1.807) is 43.4 Å². The van der Waals surface area contributed by atoms with E-state index in [2.05, 4.69) is 15.7 Å². The lowest BCUT2D eigenvalue weighted by atomic mass is 9.85. The Balaban J connectivity index is 1.44. The molecule has 1 saturated heterocycles. The summed E-state index contributed by atoms with van der Waals surface area (Å²) < 4.78 is 29.5. The number of ether oxygens (including phenoxy) is 1. The van der Waals surface area contributed by atoms with Crippen LogP contribution >= 0.6 is 0 Å². The Morgan fingerprint density at radius 1 is 1.18 bits per heavy atom. The van der Waals surface area contributed by atoms with Crippen molar-refractivity contribution in [3.63, 3.8) is 0 Å². The van der Waals surface area contributed by atoms with E-state index in [4.69, 9.17) is 4.74 Å². The Morgan fingerprint density at radius 3 is 2.61 bits per heavy atom. The van der Waals surface area contributed by atoms with Gasteiger partial charge in [0.05, 0.1) is 35.3 Å². The first-order valence-electron chi connectivity index (χ1n) is 14.1. The zero-order valence-electron chi connectivity index (χ0n) is 24.9. The zero-order chi connectivity index (χ0) is 31.8. The van der Waals surface area contributed by atoms with Gasteiger partial charge in [0.1, 0.15) is 24.2 Å². The zero-order valence-corrected chi connectivity index (χ0v) is 25.7. The maximum Gasteiger partial charge on any atom is 0.262 e. The lowest BCUT2D eigenvalue weighted by molar-refractivity contribution is -0.137. The van der Waals surface area contributed by atoms with Crippen molar-refractivity contribution in [2.75, 3.05) is 43.3 Å². The Bertz CT molecular complexity index is 1710. The SMILES string of the molecule is CN1NC(c2cccc(N3CCOc4cc(C(C)(C)CO)ccc4C3=O)c2C=O)CC(Nc2ccc(S(C)(=O)=O)cn2)C1=O. The number of aliphatic hydroxyl groups is 1. The minimum Gasteiger partial charge on any atom is -0.491 e. The quantitative estimate of drug-likeness (QED) is 0.319. The van der Waals surface area contributed by atoms with Gasteiger partial charge in [-0.3, -0.25) is 19.4 Å². The number of carbonyl (C=O) groups is 3. The van der Waals surface area contributed by atoms with E-state index in [0.717, 1.165) is 11.8 Å². The van der Waals surface area contributed by atoms with Crippen LogP contribution in [0, 0.1) is 0 Å². The Morgan fingerprint density at radius 2 is 1.95 bits per heavy atom. The largest absolute Gasteiger partial charge is 0.491 e. The van der Waals surface area contributed by atoms with Gasteiger partial charge in [-0.2, -0.15) is 0 Å². The number of aliphatic hydroxyl groups excluding tert-OH is 1. The van der Waals surface area contributed by atoms with Gasteiger partial charge in [-0.05, 0) is 47.9 Å². The number of benzene rings is 2.